The van der Waals surface area contributed by atoms with Gasteiger partial charge in [0.25, 0.3) is 0 Å². The monoisotopic (exact) mass is 400 g/mol. The van der Waals surface area contributed by atoms with Crippen molar-refractivity contribution in [1.82, 2.24) is 4.31 Å². The van der Waals surface area contributed by atoms with Gasteiger partial charge in [-0.25, -0.2) is 8.42 Å². The number of nitrogens with zero attached hydrogens (tertiary/aromatic N) is 1. The van der Waals surface area contributed by atoms with Gasteiger partial charge in [0.1, 0.15) is 10.6 Å². The largest absolute Gasteiger partial charge is 0.492 e. The molecular formula is C18H25ClN2O4S. The summed E-state index contributed by atoms with van der Waals surface area (Å²) in [5.74, 6) is -0.230. The van der Waals surface area contributed by atoms with Crippen molar-refractivity contribution in [3.8, 4) is 5.75 Å². The zero-order valence-electron chi connectivity index (χ0n) is 15.5. The van der Waals surface area contributed by atoms with E-state index in [4.69, 9.17) is 22.1 Å². The fraction of sp³-hybridized carbons (Fsp3) is 0.611. The lowest BCUT2D eigenvalue weighted by Crippen LogP contribution is -2.59. The normalized spacial score (nSPS) is 27.7. The molecule has 1 saturated heterocycles. The fourth-order valence-corrected chi connectivity index (χ4v) is 6.50. The van der Waals surface area contributed by atoms with E-state index in [2.05, 4.69) is 0 Å². The number of carbonyl (C=O) groups excluding carboxylic acids is 1. The minimum atomic E-state index is -3.86. The van der Waals surface area contributed by atoms with E-state index in [0.29, 0.717) is 18.1 Å². The van der Waals surface area contributed by atoms with Gasteiger partial charge in [-0.15, -0.1) is 0 Å². The highest BCUT2D eigenvalue weighted by Crippen LogP contribution is 2.63. The topological polar surface area (TPSA) is 89.7 Å². The van der Waals surface area contributed by atoms with Crippen molar-refractivity contribution in [2.75, 3.05) is 19.7 Å². The number of amides is 1. The van der Waals surface area contributed by atoms with Gasteiger partial charge in [0, 0.05) is 18.1 Å². The van der Waals surface area contributed by atoms with Crippen LogP contribution in [0, 0.1) is 23.7 Å². The number of nitrogens with two attached hydrogens (primary N) is 1. The number of sulfonamides is 1. The molecule has 144 valence electrons. The molecule has 2 fully saturated rings. The Hall–Kier alpha value is -1.31. The lowest BCUT2D eigenvalue weighted by atomic mass is 9.48. The molecule has 2 atom stereocenters. The average Bonchev–Trinajstić information content (AvgIpc) is 2.87. The lowest BCUT2D eigenvalue weighted by Gasteiger charge is -2.54. The molecule has 1 amide bonds. The quantitative estimate of drug-likeness (QED) is 0.822. The van der Waals surface area contributed by atoms with E-state index in [1.165, 1.54) is 10.4 Å². The minimum absolute atomic E-state index is 0.0358. The highest BCUT2D eigenvalue weighted by atomic mass is 35.5. The molecule has 0 unspecified atom stereocenters. The van der Waals surface area contributed by atoms with Gasteiger partial charge >= 0.3 is 0 Å². The van der Waals surface area contributed by atoms with Gasteiger partial charge in [-0.3, -0.25) is 4.79 Å². The maximum atomic E-state index is 13.3. The van der Waals surface area contributed by atoms with Crippen LogP contribution in [0.2, 0.25) is 5.02 Å². The molecule has 26 heavy (non-hydrogen) atoms. The number of hydrogen-bond donors (Lipinski definition) is 1. The van der Waals surface area contributed by atoms with E-state index in [0.717, 1.165) is 5.56 Å². The Morgan fingerprint density at radius 3 is 2.58 bits per heavy atom. The third kappa shape index (κ3) is 2.72. The van der Waals surface area contributed by atoms with Crippen LogP contribution in [0.5, 0.6) is 5.75 Å². The van der Waals surface area contributed by atoms with Gasteiger partial charge in [-0.05, 0) is 49.3 Å². The average molecular weight is 401 g/mol. The molecule has 2 aliphatic rings. The van der Waals surface area contributed by atoms with Crippen LogP contribution < -0.4 is 10.5 Å². The van der Waals surface area contributed by atoms with Crippen LogP contribution in [-0.2, 0) is 14.8 Å². The second-order valence-corrected chi connectivity index (χ2v) is 10.3. The van der Waals surface area contributed by atoms with Gasteiger partial charge < -0.3 is 10.5 Å². The number of carbonyl (C=O) groups is 1. The molecule has 1 aliphatic heterocycles. The molecule has 1 aliphatic carbocycles. The Morgan fingerprint density at radius 1 is 1.42 bits per heavy atom. The maximum Gasteiger partial charge on any atom is 0.246 e. The number of rotatable bonds is 5. The zero-order valence-corrected chi connectivity index (χ0v) is 17.1. The standard InChI is InChI=1S/C18H25ClN2O4S/c1-5-25-13-6-11(2)12(19)7-14(13)26(23,24)21-8-15-17(3,4)9-18(15,10-21)16(20)22/h6-7,15H,5,8-10H2,1-4H3,(H2,20,22)/t15-,18+/m1/s1. The molecule has 0 radical (unpaired) electrons. The molecule has 1 aromatic rings. The van der Waals surface area contributed by atoms with Crippen molar-refractivity contribution in [1.29, 1.82) is 0 Å². The summed E-state index contributed by atoms with van der Waals surface area (Å²) >= 11 is 6.18. The summed E-state index contributed by atoms with van der Waals surface area (Å²) in [6, 6.07) is 3.07. The van der Waals surface area contributed by atoms with Gasteiger partial charge in [0.05, 0.1) is 12.0 Å². The first-order valence-corrected chi connectivity index (χ1v) is 10.5. The van der Waals surface area contributed by atoms with Gasteiger partial charge in [-0.2, -0.15) is 4.31 Å². The van der Waals surface area contributed by atoms with Crippen LogP contribution in [0.3, 0.4) is 0 Å². The highest BCUT2D eigenvalue weighted by molar-refractivity contribution is 7.89. The van der Waals surface area contributed by atoms with Crippen LogP contribution in [0.4, 0.5) is 0 Å². The van der Waals surface area contributed by atoms with E-state index in [-0.39, 0.29) is 35.1 Å². The molecule has 3 rings (SSSR count). The zero-order chi connectivity index (χ0) is 19.5. The van der Waals surface area contributed by atoms with Gasteiger partial charge in [0.2, 0.25) is 15.9 Å². The van der Waals surface area contributed by atoms with Crippen LogP contribution in [0.25, 0.3) is 0 Å². The number of fused-ring (bicyclic) bond motifs is 1. The van der Waals surface area contributed by atoms with Crippen molar-refractivity contribution >= 4 is 27.5 Å². The van der Waals surface area contributed by atoms with Crippen molar-refractivity contribution < 1.29 is 17.9 Å². The van der Waals surface area contributed by atoms with Crippen LogP contribution in [0.15, 0.2) is 17.0 Å². The molecule has 8 heteroatoms. The maximum absolute atomic E-state index is 13.3. The third-order valence-electron chi connectivity index (χ3n) is 5.86. The van der Waals surface area contributed by atoms with E-state index < -0.39 is 21.3 Å². The SMILES string of the molecule is CCOc1cc(C)c(Cl)cc1S(=O)(=O)N1C[C@@H]2C(C)(C)C[C@]2(C(N)=O)C1. The molecule has 0 spiro atoms. The molecule has 6 nitrogen and oxygen atoms in total. The summed E-state index contributed by atoms with van der Waals surface area (Å²) < 4.78 is 33.6. The Balaban J connectivity index is 2.03. The molecule has 2 N–H and O–H groups in total. The van der Waals surface area contributed by atoms with E-state index in [9.17, 15) is 13.2 Å². The van der Waals surface area contributed by atoms with Gasteiger partial charge in [0.15, 0.2) is 0 Å². The summed E-state index contributed by atoms with van der Waals surface area (Å²) in [6.45, 7) is 8.39. The summed E-state index contributed by atoms with van der Waals surface area (Å²) in [5.41, 5.74) is 5.50. The molecule has 1 aromatic carbocycles. The number of halogens is 1. The highest BCUT2D eigenvalue weighted by Gasteiger charge is 2.67. The Labute approximate surface area is 159 Å². The lowest BCUT2D eigenvalue weighted by molar-refractivity contribution is -0.148. The van der Waals surface area contributed by atoms with Crippen LogP contribution in [0.1, 0.15) is 32.8 Å². The summed E-state index contributed by atoms with van der Waals surface area (Å²) in [6.07, 6.45) is 0.596. The Bertz CT molecular complexity index is 868. The van der Waals surface area contributed by atoms with Crippen LogP contribution >= 0.6 is 11.6 Å². The number of primary amides is 1. The second kappa shape index (κ2) is 6.11. The van der Waals surface area contributed by atoms with Crippen LogP contribution in [-0.4, -0.2) is 38.3 Å². The number of hydrogen-bond acceptors (Lipinski definition) is 4. The Kier molecular flexibility index (Phi) is 4.57. The van der Waals surface area contributed by atoms with Crippen molar-refractivity contribution in [2.45, 2.75) is 39.0 Å². The number of benzene rings is 1. The van der Waals surface area contributed by atoms with Crippen molar-refractivity contribution in [3.63, 3.8) is 0 Å². The summed E-state index contributed by atoms with van der Waals surface area (Å²) in [5, 5.41) is 0.360. The number of ether oxygens (including phenoxy) is 1. The summed E-state index contributed by atoms with van der Waals surface area (Å²) in [7, 11) is -3.86. The van der Waals surface area contributed by atoms with Gasteiger partial charge in [-0.1, -0.05) is 25.4 Å². The molecule has 1 saturated carbocycles. The summed E-state index contributed by atoms with van der Waals surface area (Å²) in [4.78, 5) is 12.1. The Morgan fingerprint density at radius 2 is 2.08 bits per heavy atom. The third-order valence-corrected chi connectivity index (χ3v) is 8.10. The van der Waals surface area contributed by atoms with E-state index in [1.807, 2.05) is 13.8 Å². The smallest absolute Gasteiger partial charge is 0.246 e. The predicted molar refractivity (Wildman–Crippen MR) is 99.6 cm³/mol. The minimum Gasteiger partial charge on any atom is -0.492 e. The molecule has 0 bridgehead atoms. The first-order valence-electron chi connectivity index (χ1n) is 8.69. The number of aryl methyl sites for hydroxylation is 1. The van der Waals surface area contributed by atoms with E-state index in [1.54, 1.807) is 19.9 Å². The molecular weight excluding hydrogens is 376 g/mol. The van der Waals surface area contributed by atoms with E-state index >= 15 is 0 Å². The second-order valence-electron chi connectivity index (χ2n) is 8.02. The predicted octanol–water partition coefficient (Wildman–Crippen LogP) is 2.57. The first-order chi connectivity index (χ1) is 12.0. The van der Waals surface area contributed by atoms with Crippen molar-refractivity contribution in [3.05, 3.63) is 22.7 Å². The fourth-order valence-electron chi connectivity index (χ4n) is 4.61. The molecule has 1 heterocycles. The van der Waals surface area contributed by atoms with Crippen molar-refractivity contribution in [2.24, 2.45) is 22.5 Å². The molecule has 0 aromatic heterocycles. The first kappa shape index (κ1) is 19.5.